The van der Waals surface area contributed by atoms with Gasteiger partial charge in [-0.1, -0.05) is 20.3 Å². The van der Waals surface area contributed by atoms with E-state index in [-0.39, 0.29) is 5.54 Å². The molecule has 3 rings (SSSR count). The first-order chi connectivity index (χ1) is 7.72. The minimum absolute atomic E-state index is 0.158. The highest BCUT2D eigenvalue weighted by atomic mass is 15.1. The van der Waals surface area contributed by atoms with Gasteiger partial charge in [-0.05, 0) is 24.7 Å². The number of imidazole rings is 1. The molecule has 3 unspecified atom stereocenters. The Morgan fingerprint density at radius 2 is 2.25 bits per heavy atom. The summed E-state index contributed by atoms with van der Waals surface area (Å²) in [4.78, 5) is 7.91. The van der Waals surface area contributed by atoms with Crippen molar-refractivity contribution in [1.29, 1.82) is 0 Å². The molecule has 2 N–H and O–H groups in total. The predicted octanol–water partition coefficient (Wildman–Crippen LogP) is 2.21. The van der Waals surface area contributed by atoms with Gasteiger partial charge in [0.25, 0.3) is 0 Å². The van der Waals surface area contributed by atoms with Crippen LogP contribution in [-0.2, 0) is 12.0 Å². The van der Waals surface area contributed by atoms with Gasteiger partial charge in [-0.25, -0.2) is 4.98 Å². The minimum Gasteiger partial charge on any atom is -0.348 e. The molecule has 88 valence electrons. The molecule has 2 aliphatic rings. The number of aromatic amines is 1. The summed E-state index contributed by atoms with van der Waals surface area (Å²) in [6.07, 6.45) is 6.89. The molecule has 3 nitrogen and oxygen atoms in total. The molecular weight excluding hydrogens is 198 g/mol. The lowest BCUT2D eigenvalue weighted by Gasteiger charge is -2.47. The van der Waals surface area contributed by atoms with E-state index < -0.39 is 0 Å². The lowest BCUT2D eigenvalue weighted by molar-refractivity contribution is 0.107. The van der Waals surface area contributed by atoms with Gasteiger partial charge in [0, 0.05) is 18.7 Å². The van der Waals surface area contributed by atoms with Crippen molar-refractivity contribution in [1.82, 2.24) is 15.3 Å². The van der Waals surface area contributed by atoms with Gasteiger partial charge in [-0.3, -0.25) is 0 Å². The fourth-order valence-electron chi connectivity index (χ4n) is 3.60. The van der Waals surface area contributed by atoms with Gasteiger partial charge in [-0.2, -0.15) is 0 Å². The molecule has 1 aromatic rings. The first-order valence-corrected chi connectivity index (χ1v) is 6.50. The quantitative estimate of drug-likeness (QED) is 0.702. The van der Waals surface area contributed by atoms with E-state index in [9.17, 15) is 0 Å². The van der Waals surface area contributed by atoms with Crippen molar-refractivity contribution in [2.75, 3.05) is 6.54 Å². The van der Waals surface area contributed by atoms with Gasteiger partial charge >= 0.3 is 0 Å². The molecule has 1 fully saturated rings. The fourth-order valence-corrected chi connectivity index (χ4v) is 3.60. The summed E-state index contributed by atoms with van der Waals surface area (Å²) >= 11 is 0. The highest BCUT2D eigenvalue weighted by molar-refractivity contribution is 5.27. The third-order valence-corrected chi connectivity index (χ3v) is 4.56. The summed E-state index contributed by atoms with van der Waals surface area (Å²) in [5, 5.41) is 3.77. The molecule has 0 aromatic carbocycles. The van der Waals surface area contributed by atoms with Crippen LogP contribution in [-0.4, -0.2) is 16.5 Å². The van der Waals surface area contributed by atoms with Crippen LogP contribution in [0.5, 0.6) is 0 Å². The first-order valence-electron chi connectivity index (χ1n) is 6.50. The van der Waals surface area contributed by atoms with Crippen LogP contribution in [0.3, 0.4) is 0 Å². The number of fused-ring (bicyclic) bond motifs is 2. The van der Waals surface area contributed by atoms with Crippen molar-refractivity contribution in [3.63, 3.8) is 0 Å². The molecule has 1 aliphatic heterocycles. The number of hydrogen-bond acceptors (Lipinski definition) is 2. The zero-order chi connectivity index (χ0) is 11.2. The molecule has 1 aliphatic carbocycles. The zero-order valence-electron chi connectivity index (χ0n) is 10.2. The van der Waals surface area contributed by atoms with E-state index >= 15 is 0 Å². The lowest BCUT2D eigenvalue weighted by atomic mass is 9.66. The zero-order valence-corrected chi connectivity index (χ0v) is 10.2. The number of H-pyrrole nitrogens is 1. The summed E-state index contributed by atoms with van der Waals surface area (Å²) in [6, 6.07) is 0. The van der Waals surface area contributed by atoms with Gasteiger partial charge < -0.3 is 10.3 Å². The van der Waals surface area contributed by atoms with Crippen LogP contribution >= 0.6 is 0 Å². The van der Waals surface area contributed by atoms with Gasteiger partial charge in [0.1, 0.15) is 0 Å². The molecular formula is C13H21N3. The molecule has 0 amide bonds. The van der Waals surface area contributed by atoms with Gasteiger partial charge in [0.05, 0.1) is 17.6 Å². The molecule has 0 bridgehead atoms. The predicted molar refractivity (Wildman–Crippen MR) is 64.2 cm³/mol. The fraction of sp³-hybridized carbons (Fsp3) is 0.769. The lowest BCUT2D eigenvalue weighted by Crippen LogP contribution is -2.54. The largest absolute Gasteiger partial charge is 0.348 e. The second kappa shape index (κ2) is 3.59. The molecule has 1 aromatic heterocycles. The van der Waals surface area contributed by atoms with E-state index in [1.54, 1.807) is 0 Å². The molecule has 0 radical (unpaired) electrons. The van der Waals surface area contributed by atoms with Gasteiger partial charge in [0.2, 0.25) is 0 Å². The molecule has 0 saturated heterocycles. The van der Waals surface area contributed by atoms with E-state index in [1.807, 2.05) is 6.33 Å². The van der Waals surface area contributed by atoms with Crippen LogP contribution in [0.4, 0.5) is 0 Å². The smallest absolute Gasteiger partial charge is 0.0926 e. The van der Waals surface area contributed by atoms with Crippen molar-refractivity contribution in [2.45, 2.75) is 45.1 Å². The van der Waals surface area contributed by atoms with Crippen LogP contribution in [0.15, 0.2) is 6.33 Å². The maximum Gasteiger partial charge on any atom is 0.0926 e. The Balaban J connectivity index is 2.04. The maximum absolute atomic E-state index is 4.60. The van der Waals surface area contributed by atoms with E-state index in [1.165, 1.54) is 30.7 Å². The Hall–Kier alpha value is -0.830. The average molecular weight is 219 g/mol. The average Bonchev–Trinajstić information content (AvgIpc) is 2.74. The van der Waals surface area contributed by atoms with E-state index in [0.29, 0.717) is 5.92 Å². The number of nitrogens with zero attached hydrogens (tertiary/aromatic N) is 1. The van der Waals surface area contributed by atoms with Gasteiger partial charge in [0.15, 0.2) is 0 Å². The highest BCUT2D eigenvalue weighted by Crippen LogP contribution is 2.45. The second-order valence-corrected chi connectivity index (χ2v) is 5.67. The number of hydrogen-bond donors (Lipinski definition) is 2. The second-order valence-electron chi connectivity index (χ2n) is 5.67. The summed E-state index contributed by atoms with van der Waals surface area (Å²) in [6.45, 7) is 5.84. The number of nitrogens with one attached hydrogen (secondary N) is 2. The van der Waals surface area contributed by atoms with Crippen molar-refractivity contribution >= 4 is 0 Å². The Morgan fingerprint density at radius 3 is 3.12 bits per heavy atom. The van der Waals surface area contributed by atoms with E-state index in [4.69, 9.17) is 0 Å². The topological polar surface area (TPSA) is 40.7 Å². The van der Waals surface area contributed by atoms with Crippen molar-refractivity contribution < 1.29 is 0 Å². The third-order valence-electron chi connectivity index (χ3n) is 4.56. The molecule has 1 spiro atoms. The van der Waals surface area contributed by atoms with Crippen molar-refractivity contribution in [3.8, 4) is 0 Å². The van der Waals surface area contributed by atoms with E-state index in [0.717, 1.165) is 18.9 Å². The van der Waals surface area contributed by atoms with Crippen LogP contribution in [0.2, 0.25) is 0 Å². The van der Waals surface area contributed by atoms with Gasteiger partial charge in [-0.15, -0.1) is 0 Å². The molecule has 2 heterocycles. The SMILES string of the molecule is CC1CCC(C)C2(C1)NCCc1[nH]cnc12. The number of rotatable bonds is 0. The number of aromatic nitrogens is 2. The Bertz CT molecular complexity index is 384. The van der Waals surface area contributed by atoms with Crippen LogP contribution < -0.4 is 5.32 Å². The summed E-state index contributed by atoms with van der Waals surface area (Å²) in [5.41, 5.74) is 2.82. The van der Waals surface area contributed by atoms with Crippen LogP contribution in [0, 0.1) is 11.8 Å². The molecule has 1 saturated carbocycles. The maximum atomic E-state index is 4.60. The molecule has 3 atom stereocenters. The Kier molecular flexibility index (Phi) is 2.32. The third kappa shape index (κ3) is 1.34. The Morgan fingerprint density at radius 1 is 1.38 bits per heavy atom. The summed E-state index contributed by atoms with van der Waals surface area (Å²) in [5.74, 6) is 1.51. The minimum atomic E-state index is 0.158. The molecule has 3 heteroatoms. The van der Waals surface area contributed by atoms with Crippen LogP contribution in [0.1, 0.15) is 44.5 Å². The van der Waals surface area contributed by atoms with Crippen molar-refractivity contribution in [3.05, 3.63) is 17.7 Å². The normalized spacial score (nSPS) is 38.6. The first kappa shape index (κ1) is 10.3. The standard InChI is InChI=1S/C13H21N3/c1-9-3-4-10(2)13(7-9)12-11(5-6-16-13)14-8-15-12/h8-10,16H,3-7H2,1-2H3,(H,14,15). The Labute approximate surface area is 97.0 Å². The summed E-state index contributed by atoms with van der Waals surface area (Å²) < 4.78 is 0. The van der Waals surface area contributed by atoms with Crippen molar-refractivity contribution in [2.24, 2.45) is 11.8 Å². The highest BCUT2D eigenvalue weighted by Gasteiger charge is 2.45. The van der Waals surface area contributed by atoms with E-state index in [2.05, 4.69) is 29.1 Å². The molecule has 16 heavy (non-hydrogen) atoms. The monoisotopic (exact) mass is 219 g/mol. The summed E-state index contributed by atoms with van der Waals surface area (Å²) in [7, 11) is 0. The van der Waals surface area contributed by atoms with Crippen LogP contribution in [0.25, 0.3) is 0 Å².